The lowest BCUT2D eigenvalue weighted by Gasteiger charge is -2.19. The Morgan fingerprint density at radius 2 is 2.07 bits per heavy atom. The van der Waals surface area contributed by atoms with E-state index in [9.17, 15) is 4.79 Å². The Kier molecular flexibility index (Phi) is 5.67. The van der Waals surface area contributed by atoms with Gasteiger partial charge in [0.1, 0.15) is 5.60 Å². The molecule has 0 atom stereocenters. The minimum Gasteiger partial charge on any atom is -0.444 e. The van der Waals surface area contributed by atoms with Crippen molar-refractivity contribution in [3.05, 3.63) is 11.6 Å². The number of nitrogens with zero attached hydrogens (tertiary/aromatic N) is 1. The summed E-state index contributed by atoms with van der Waals surface area (Å²) < 4.78 is 5.09. The second-order valence-electron chi connectivity index (χ2n) is 4.11. The summed E-state index contributed by atoms with van der Waals surface area (Å²) in [4.78, 5) is 15.2. The van der Waals surface area contributed by atoms with Gasteiger partial charge in [0, 0.05) is 19.8 Å². The molecule has 0 aromatic rings. The molecule has 1 amide bonds. The van der Waals surface area contributed by atoms with Crippen molar-refractivity contribution in [1.82, 2.24) is 5.32 Å². The lowest BCUT2D eigenvalue weighted by atomic mass is 10.2. The predicted molar refractivity (Wildman–Crippen MR) is 62.4 cm³/mol. The minimum absolute atomic E-state index is 0.411. The minimum atomic E-state index is -0.459. The zero-order valence-corrected chi connectivity index (χ0v) is 10.1. The van der Waals surface area contributed by atoms with Gasteiger partial charge in [0.25, 0.3) is 0 Å². The van der Waals surface area contributed by atoms with E-state index >= 15 is 0 Å². The van der Waals surface area contributed by atoms with E-state index in [1.165, 1.54) is 0 Å². The Balaban J connectivity index is 4.01. The number of ether oxygens (including phenoxy) is 1. The average molecular weight is 212 g/mol. The number of aliphatic imine (C=N–C) groups is 1. The van der Waals surface area contributed by atoms with E-state index in [4.69, 9.17) is 4.74 Å². The molecule has 86 valence electrons. The molecule has 1 N–H and O–H groups in total. The molecule has 0 aromatic heterocycles. The van der Waals surface area contributed by atoms with Crippen molar-refractivity contribution in [2.75, 3.05) is 13.6 Å². The standard InChI is InChI=1S/C11H20N2O2/c1-6-9(7-12-5)8-13-10(14)15-11(2,3)4/h6-7H,8H2,1-5H3,(H,13,14)/b9-6+,12-7?. The topological polar surface area (TPSA) is 50.7 Å². The van der Waals surface area contributed by atoms with Crippen LogP contribution >= 0.6 is 0 Å². The molecule has 0 spiro atoms. The maximum Gasteiger partial charge on any atom is 0.407 e. The van der Waals surface area contributed by atoms with Gasteiger partial charge in [-0.15, -0.1) is 0 Å². The average Bonchev–Trinajstić information content (AvgIpc) is 2.09. The highest BCUT2D eigenvalue weighted by Crippen LogP contribution is 2.06. The van der Waals surface area contributed by atoms with Crippen molar-refractivity contribution in [2.45, 2.75) is 33.3 Å². The van der Waals surface area contributed by atoms with Gasteiger partial charge in [-0.3, -0.25) is 4.99 Å². The Hall–Kier alpha value is -1.32. The number of hydrogen-bond donors (Lipinski definition) is 1. The summed E-state index contributed by atoms with van der Waals surface area (Å²) in [6, 6.07) is 0. The summed E-state index contributed by atoms with van der Waals surface area (Å²) in [7, 11) is 1.69. The Labute approximate surface area is 91.4 Å². The van der Waals surface area contributed by atoms with Crippen LogP contribution in [0.2, 0.25) is 0 Å². The van der Waals surface area contributed by atoms with Gasteiger partial charge in [0.05, 0.1) is 0 Å². The van der Waals surface area contributed by atoms with Crippen LogP contribution in [0.3, 0.4) is 0 Å². The molecule has 0 heterocycles. The van der Waals surface area contributed by atoms with Crippen LogP contribution in [0.5, 0.6) is 0 Å². The maximum absolute atomic E-state index is 11.3. The fraction of sp³-hybridized carbons (Fsp3) is 0.636. The molecule has 0 fully saturated rings. The molecule has 0 aliphatic heterocycles. The highest BCUT2D eigenvalue weighted by molar-refractivity contribution is 5.80. The first-order chi connectivity index (χ1) is 6.89. The van der Waals surface area contributed by atoms with Gasteiger partial charge in [-0.1, -0.05) is 6.08 Å². The lowest BCUT2D eigenvalue weighted by Crippen LogP contribution is -2.33. The molecular weight excluding hydrogens is 192 g/mol. The molecule has 0 aliphatic rings. The normalized spacial score (nSPS) is 13.0. The first-order valence-corrected chi connectivity index (χ1v) is 4.93. The van der Waals surface area contributed by atoms with E-state index < -0.39 is 11.7 Å². The summed E-state index contributed by atoms with van der Waals surface area (Å²) in [5.41, 5.74) is 0.488. The summed E-state index contributed by atoms with van der Waals surface area (Å²) in [5.74, 6) is 0. The van der Waals surface area contributed by atoms with E-state index in [1.54, 1.807) is 13.3 Å². The van der Waals surface area contributed by atoms with Crippen LogP contribution in [0.25, 0.3) is 0 Å². The molecule has 0 bridgehead atoms. The number of amides is 1. The molecule has 15 heavy (non-hydrogen) atoms. The Bertz CT molecular complexity index is 262. The third-order valence-corrected chi connectivity index (χ3v) is 1.50. The van der Waals surface area contributed by atoms with Crippen LogP contribution in [0.1, 0.15) is 27.7 Å². The van der Waals surface area contributed by atoms with Gasteiger partial charge in [-0.2, -0.15) is 0 Å². The summed E-state index contributed by atoms with van der Waals surface area (Å²) >= 11 is 0. The van der Waals surface area contributed by atoms with Gasteiger partial charge in [0.15, 0.2) is 0 Å². The fourth-order valence-electron chi connectivity index (χ4n) is 0.876. The maximum atomic E-state index is 11.3. The highest BCUT2D eigenvalue weighted by Gasteiger charge is 2.15. The fourth-order valence-corrected chi connectivity index (χ4v) is 0.876. The largest absolute Gasteiger partial charge is 0.444 e. The lowest BCUT2D eigenvalue weighted by molar-refractivity contribution is 0.0533. The van der Waals surface area contributed by atoms with E-state index in [-0.39, 0.29) is 0 Å². The molecule has 4 nitrogen and oxygen atoms in total. The van der Waals surface area contributed by atoms with Crippen LogP contribution in [-0.2, 0) is 4.74 Å². The Morgan fingerprint density at radius 1 is 1.47 bits per heavy atom. The second kappa shape index (κ2) is 6.22. The van der Waals surface area contributed by atoms with Gasteiger partial charge in [0.2, 0.25) is 0 Å². The van der Waals surface area contributed by atoms with Crippen molar-refractivity contribution in [3.63, 3.8) is 0 Å². The quantitative estimate of drug-likeness (QED) is 0.729. The first-order valence-electron chi connectivity index (χ1n) is 4.93. The summed E-state index contributed by atoms with van der Waals surface area (Å²) in [6.45, 7) is 7.82. The smallest absolute Gasteiger partial charge is 0.407 e. The molecule has 0 rings (SSSR count). The summed E-state index contributed by atoms with van der Waals surface area (Å²) in [6.07, 6.45) is 3.19. The van der Waals surface area contributed by atoms with Crippen LogP contribution < -0.4 is 5.32 Å². The van der Waals surface area contributed by atoms with Crippen LogP contribution in [0, 0.1) is 0 Å². The zero-order chi connectivity index (χ0) is 11.9. The van der Waals surface area contributed by atoms with Crippen LogP contribution in [0.4, 0.5) is 4.79 Å². The van der Waals surface area contributed by atoms with Crippen molar-refractivity contribution >= 4 is 12.3 Å². The number of hydrogen-bond acceptors (Lipinski definition) is 3. The molecule has 0 aromatic carbocycles. The molecule has 0 saturated carbocycles. The van der Waals surface area contributed by atoms with Crippen molar-refractivity contribution in [2.24, 2.45) is 4.99 Å². The highest BCUT2D eigenvalue weighted by atomic mass is 16.6. The monoisotopic (exact) mass is 212 g/mol. The number of carbonyl (C=O) groups excluding carboxylic acids is 1. The predicted octanol–water partition coefficient (Wildman–Crippen LogP) is 2.16. The third-order valence-electron chi connectivity index (χ3n) is 1.50. The molecule has 0 aliphatic carbocycles. The molecular formula is C11H20N2O2. The zero-order valence-electron chi connectivity index (χ0n) is 10.1. The number of allylic oxidation sites excluding steroid dienone is 1. The SMILES string of the molecule is C/C=C(\C=NC)CNC(=O)OC(C)(C)C. The first kappa shape index (κ1) is 13.7. The van der Waals surface area contributed by atoms with Gasteiger partial charge in [-0.25, -0.2) is 4.79 Å². The molecule has 0 unspecified atom stereocenters. The van der Waals surface area contributed by atoms with E-state index in [1.807, 2.05) is 33.8 Å². The second-order valence-corrected chi connectivity index (χ2v) is 4.11. The van der Waals surface area contributed by atoms with Crippen molar-refractivity contribution < 1.29 is 9.53 Å². The number of alkyl carbamates (subject to hydrolysis) is 1. The molecule has 0 radical (unpaired) electrons. The van der Waals surface area contributed by atoms with Crippen LogP contribution in [-0.4, -0.2) is 31.5 Å². The van der Waals surface area contributed by atoms with Crippen LogP contribution in [0.15, 0.2) is 16.6 Å². The van der Waals surface area contributed by atoms with Gasteiger partial charge >= 0.3 is 6.09 Å². The number of rotatable bonds is 3. The van der Waals surface area contributed by atoms with E-state index in [0.717, 1.165) is 5.57 Å². The Morgan fingerprint density at radius 3 is 2.47 bits per heavy atom. The van der Waals surface area contributed by atoms with E-state index in [0.29, 0.717) is 6.54 Å². The third kappa shape index (κ3) is 7.73. The van der Waals surface area contributed by atoms with E-state index in [2.05, 4.69) is 10.3 Å². The number of carbonyl (C=O) groups is 1. The van der Waals surface area contributed by atoms with Gasteiger partial charge < -0.3 is 10.1 Å². The van der Waals surface area contributed by atoms with Gasteiger partial charge in [-0.05, 0) is 33.3 Å². The number of nitrogens with one attached hydrogen (secondary N) is 1. The van der Waals surface area contributed by atoms with Crippen molar-refractivity contribution in [3.8, 4) is 0 Å². The molecule has 0 saturated heterocycles. The summed E-state index contributed by atoms with van der Waals surface area (Å²) in [5, 5.41) is 2.65. The van der Waals surface area contributed by atoms with Crippen molar-refractivity contribution in [1.29, 1.82) is 0 Å². The molecule has 4 heteroatoms.